The third kappa shape index (κ3) is 5.51. The van der Waals surface area contributed by atoms with Crippen molar-refractivity contribution in [1.82, 2.24) is 9.80 Å². The number of hydrogen-bond acceptors (Lipinski definition) is 6. The summed E-state index contributed by atoms with van der Waals surface area (Å²) in [6.45, 7) is 16.9. The molecule has 0 aromatic heterocycles. The minimum Gasteiger partial charge on any atom is -0.465 e. The van der Waals surface area contributed by atoms with E-state index in [1.807, 2.05) is 11.8 Å². The maximum absolute atomic E-state index is 14.4. The van der Waals surface area contributed by atoms with E-state index in [1.54, 1.807) is 28.8 Å². The van der Waals surface area contributed by atoms with Gasteiger partial charge in [0.25, 0.3) is 0 Å². The number of likely N-dealkylation sites (tertiary alicyclic amines) is 1. The summed E-state index contributed by atoms with van der Waals surface area (Å²) in [7, 11) is 0. The number of thioether (sulfide) groups is 1. The predicted octanol–water partition coefficient (Wildman–Crippen LogP) is 4.20. The Kier molecular flexibility index (Phi) is 9.95. The van der Waals surface area contributed by atoms with Crippen LogP contribution in [0.15, 0.2) is 25.3 Å². The summed E-state index contributed by atoms with van der Waals surface area (Å²) >= 11 is 1.64. The first-order valence-electron chi connectivity index (χ1n) is 13.9. The highest BCUT2D eigenvalue weighted by molar-refractivity contribution is 8.02. The van der Waals surface area contributed by atoms with Crippen molar-refractivity contribution in [2.24, 2.45) is 17.8 Å². The van der Waals surface area contributed by atoms with Crippen LogP contribution in [0.25, 0.3) is 0 Å². The number of carbonyl (C=O) groups excluding carboxylic acids is 3. The lowest BCUT2D eigenvalue weighted by Crippen LogP contribution is -2.57. The van der Waals surface area contributed by atoms with Gasteiger partial charge in [-0.15, -0.1) is 24.9 Å². The van der Waals surface area contributed by atoms with E-state index in [9.17, 15) is 19.5 Å². The smallest absolute Gasteiger partial charge is 0.311 e. The molecule has 3 saturated heterocycles. The van der Waals surface area contributed by atoms with Crippen LogP contribution in [-0.4, -0.2) is 80.6 Å². The van der Waals surface area contributed by atoms with Crippen molar-refractivity contribution in [3.8, 4) is 0 Å². The molecule has 37 heavy (non-hydrogen) atoms. The molecule has 8 heteroatoms. The molecule has 208 valence electrons. The maximum atomic E-state index is 14.4. The fourth-order valence-corrected chi connectivity index (χ4v) is 9.05. The van der Waals surface area contributed by atoms with Gasteiger partial charge in [-0.1, -0.05) is 45.8 Å². The second-order valence-corrected chi connectivity index (χ2v) is 13.4. The number of carbonyl (C=O) groups is 3. The quantitative estimate of drug-likeness (QED) is 0.193. The van der Waals surface area contributed by atoms with Crippen LogP contribution in [0.3, 0.4) is 0 Å². The van der Waals surface area contributed by atoms with Crippen molar-refractivity contribution in [2.75, 3.05) is 26.3 Å². The van der Waals surface area contributed by atoms with E-state index in [4.69, 9.17) is 4.74 Å². The summed E-state index contributed by atoms with van der Waals surface area (Å²) in [6, 6.07) is -1.20. The molecule has 3 aliphatic heterocycles. The molecular weight excluding hydrogens is 488 g/mol. The van der Waals surface area contributed by atoms with Crippen molar-refractivity contribution in [3.63, 3.8) is 0 Å². The van der Waals surface area contributed by atoms with Crippen molar-refractivity contribution in [3.05, 3.63) is 25.3 Å². The molecule has 0 radical (unpaired) electrons. The Labute approximate surface area is 227 Å². The summed E-state index contributed by atoms with van der Waals surface area (Å²) in [6.07, 6.45) is 8.94. The molecule has 2 bridgehead atoms. The molecule has 2 amide bonds. The molecule has 1 N–H and O–H groups in total. The number of ether oxygens (including phenoxy) is 1. The summed E-state index contributed by atoms with van der Waals surface area (Å²) < 4.78 is 4.45. The molecule has 0 saturated carbocycles. The Balaban J connectivity index is 2.06. The molecule has 0 aliphatic carbocycles. The van der Waals surface area contributed by atoms with Crippen molar-refractivity contribution >= 4 is 29.5 Å². The molecule has 2 unspecified atom stereocenters. The van der Waals surface area contributed by atoms with Gasteiger partial charge in [-0.25, -0.2) is 0 Å². The Morgan fingerprint density at radius 1 is 1.27 bits per heavy atom. The maximum Gasteiger partial charge on any atom is 0.311 e. The second-order valence-electron chi connectivity index (χ2n) is 11.5. The van der Waals surface area contributed by atoms with Crippen molar-refractivity contribution < 1.29 is 24.2 Å². The number of esters is 1. The Morgan fingerprint density at radius 3 is 2.59 bits per heavy atom. The molecule has 0 aromatic rings. The Bertz CT molecular complexity index is 878. The van der Waals surface area contributed by atoms with E-state index >= 15 is 0 Å². The number of nitrogens with zero attached hydrogens (tertiary/aromatic N) is 2. The fraction of sp³-hybridized carbons (Fsp3) is 0.759. The summed E-state index contributed by atoms with van der Waals surface area (Å²) in [5.74, 6) is -1.66. The molecular formula is C29H46N2O5S. The van der Waals surface area contributed by atoms with E-state index in [0.717, 1.165) is 25.7 Å². The van der Waals surface area contributed by atoms with Gasteiger partial charge in [0.15, 0.2) is 0 Å². The molecule has 6 atom stereocenters. The number of fused-ring (bicyclic) bond motifs is 1. The molecule has 3 fully saturated rings. The molecule has 3 heterocycles. The van der Waals surface area contributed by atoms with Crippen LogP contribution in [0, 0.1) is 17.8 Å². The lowest BCUT2D eigenvalue weighted by atomic mass is 9.66. The van der Waals surface area contributed by atoms with Gasteiger partial charge in [0, 0.05) is 17.8 Å². The number of hydrogen-bond donors (Lipinski definition) is 1. The largest absolute Gasteiger partial charge is 0.465 e. The molecule has 3 rings (SSSR count). The zero-order valence-corrected chi connectivity index (χ0v) is 23.9. The monoisotopic (exact) mass is 534 g/mol. The molecule has 7 nitrogen and oxygen atoms in total. The van der Waals surface area contributed by atoms with E-state index in [-0.39, 0.29) is 36.9 Å². The van der Waals surface area contributed by atoms with E-state index in [1.165, 1.54) is 0 Å². The predicted molar refractivity (Wildman–Crippen MR) is 148 cm³/mol. The number of aliphatic hydroxyl groups excluding tert-OH is 1. The SMILES string of the molecule is C=CCCOC(=O)[C@H]1[C@H]2C(=O)N([C@@H](CO)CC(C)C)C(C(=O)N(CC=C)CCCCC)C23CC[C@]1(C)S3. The van der Waals surface area contributed by atoms with Gasteiger partial charge < -0.3 is 19.6 Å². The van der Waals surface area contributed by atoms with E-state index in [0.29, 0.717) is 32.4 Å². The van der Waals surface area contributed by atoms with Crippen LogP contribution in [0.1, 0.15) is 72.6 Å². The molecule has 0 aromatic carbocycles. The third-order valence-electron chi connectivity index (χ3n) is 8.31. The average molecular weight is 535 g/mol. The van der Waals surface area contributed by atoms with Crippen LogP contribution in [0.4, 0.5) is 0 Å². The van der Waals surface area contributed by atoms with Gasteiger partial charge >= 0.3 is 5.97 Å². The van der Waals surface area contributed by atoms with Crippen LogP contribution in [-0.2, 0) is 19.1 Å². The molecule has 1 spiro atoms. The Morgan fingerprint density at radius 2 is 2.00 bits per heavy atom. The Hall–Kier alpha value is -1.80. The zero-order chi connectivity index (χ0) is 27.4. The van der Waals surface area contributed by atoms with Crippen molar-refractivity contribution in [1.29, 1.82) is 0 Å². The second kappa shape index (κ2) is 12.4. The highest BCUT2D eigenvalue weighted by Gasteiger charge is 2.78. The minimum atomic E-state index is -0.722. The summed E-state index contributed by atoms with van der Waals surface area (Å²) in [5.41, 5.74) is 0. The van der Waals surface area contributed by atoms with Gasteiger partial charge in [-0.05, 0) is 44.9 Å². The number of rotatable bonds is 15. The van der Waals surface area contributed by atoms with Gasteiger partial charge in [0.05, 0.1) is 35.8 Å². The van der Waals surface area contributed by atoms with Gasteiger partial charge in [-0.2, -0.15) is 0 Å². The number of aliphatic hydroxyl groups is 1. The van der Waals surface area contributed by atoms with E-state index < -0.39 is 33.4 Å². The summed E-state index contributed by atoms with van der Waals surface area (Å²) in [4.78, 5) is 45.6. The third-order valence-corrected chi connectivity index (χ3v) is 10.3. The summed E-state index contributed by atoms with van der Waals surface area (Å²) in [5, 5.41) is 10.4. The zero-order valence-electron chi connectivity index (χ0n) is 23.1. The van der Waals surface area contributed by atoms with Crippen LogP contribution >= 0.6 is 11.8 Å². The first-order chi connectivity index (χ1) is 17.6. The normalized spacial score (nSPS) is 30.9. The van der Waals surface area contributed by atoms with Crippen molar-refractivity contribution in [2.45, 2.75) is 94.2 Å². The standard InChI is InChI=1S/C29H46N2O5S/c1-7-10-12-16-30(15-9-3)26(34)24-29-14-13-28(6,37-29)23(27(35)36-17-11-8-2)22(29)25(33)31(24)21(19-32)18-20(4)5/h8-9,20-24,32H,2-3,7,10-19H2,1,4-6H3/t21-,22+,23-,24?,28+,29?/m1/s1. The van der Waals surface area contributed by atoms with Crippen LogP contribution < -0.4 is 0 Å². The lowest BCUT2D eigenvalue weighted by molar-refractivity contribution is -0.156. The highest BCUT2D eigenvalue weighted by atomic mass is 32.2. The van der Waals surface area contributed by atoms with Gasteiger partial charge in [0.1, 0.15) is 6.04 Å². The van der Waals surface area contributed by atoms with Crippen LogP contribution in [0.2, 0.25) is 0 Å². The lowest BCUT2D eigenvalue weighted by Gasteiger charge is -2.40. The first-order valence-corrected chi connectivity index (χ1v) is 14.7. The van der Waals surface area contributed by atoms with E-state index in [2.05, 4.69) is 33.9 Å². The van der Waals surface area contributed by atoms with Gasteiger partial charge in [-0.3, -0.25) is 14.4 Å². The number of amides is 2. The molecule has 3 aliphatic rings. The van der Waals surface area contributed by atoms with Crippen LogP contribution in [0.5, 0.6) is 0 Å². The first kappa shape index (κ1) is 29.8. The fourth-order valence-electron chi connectivity index (χ4n) is 6.72. The topological polar surface area (TPSA) is 87.1 Å². The van der Waals surface area contributed by atoms with Gasteiger partial charge in [0.2, 0.25) is 11.8 Å². The number of unbranched alkanes of at least 4 members (excludes halogenated alkanes) is 2. The highest BCUT2D eigenvalue weighted by Crippen LogP contribution is 2.71. The average Bonchev–Trinajstić information content (AvgIpc) is 3.42. The minimum absolute atomic E-state index is 0.0912.